The number of aliphatic hydroxyl groups excluding tert-OH is 1. The Morgan fingerprint density at radius 3 is 2.18 bits per heavy atom. The molecule has 0 spiro atoms. The summed E-state index contributed by atoms with van der Waals surface area (Å²) in [6.07, 6.45) is 0.511. The molecule has 0 radical (unpaired) electrons. The van der Waals surface area contributed by atoms with Crippen LogP contribution in [0, 0.1) is 5.92 Å². The van der Waals surface area contributed by atoms with Crippen molar-refractivity contribution in [2.75, 3.05) is 13.1 Å². The quantitative estimate of drug-likeness (QED) is 0.911. The Kier molecular flexibility index (Phi) is 4.46. The standard InChI is InChI=1S/C17H22F3NO/c18-17(19,20)13-8-6-12(7-9-13)16(22)14-4-1-2-5-15(14)21-10-3-11-21/h6-9,14-16,22H,1-5,10-11H2. The molecule has 1 aromatic carbocycles. The number of halogens is 3. The highest BCUT2D eigenvalue weighted by atomic mass is 19.4. The average molecular weight is 313 g/mol. The summed E-state index contributed by atoms with van der Waals surface area (Å²) < 4.78 is 37.9. The van der Waals surface area contributed by atoms with Crippen molar-refractivity contribution in [2.45, 2.75) is 50.4 Å². The minimum atomic E-state index is -4.32. The molecule has 2 fully saturated rings. The van der Waals surface area contributed by atoms with E-state index >= 15 is 0 Å². The number of hydrogen-bond donors (Lipinski definition) is 1. The number of hydrogen-bond acceptors (Lipinski definition) is 2. The van der Waals surface area contributed by atoms with Crippen molar-refractivity contribution in [3.8, 4) is 0 Å². The van der Waals surface area contributed by atoms with Gasteiger partial charge in [0.05, 0.1) is 11.7 Å². The Morgan fingerprint density at radius 1 is 1.00 bits per heavy atom. The Hall–Kier alpha value is -1.07. The van der Waals surface area contributed by atoms with Crippen molar-refractivity contribution >= 4 is 0 Å². The van der Waals surface area contributed by atoms with E-state index in [1.807, 2.05) is 0 Å². The lowest BCUT2D eigenvalue weighted by Crippen LogP contribution is -2.51. The Balaban J connectivity index is 1.75. The third kappa shape index (κ3) is 3.15. The summed E-state index contributed by atoms with van der Waals surface area (Å²) in [4.78, 5) is 2.41. The molecule has 0 amide bonds. The summed E-state index contributed by atoms with van der Waals surface area (Å²) in [5.41, 5.74) is -0.0585. The van der Waals surface area contributed by atoms with Gasteiger partial charge in [0, 0.05) is 12.0 Å². The highest BCUT2D eigenvalue weighted by Gasteiger charge is 2.37. The molecule has 122 valence electrons. The second-order valence-corrected chi connectivity index (χ2v) is 6.47. The van der Waals surface area contributed by atoms with Gasteiger partial charge in [-0.05, 0) is 50.0 Å². The summed E-state index contributed by atoms with van der Waals surface area (Å²) in [5.74, 6) is 0.130. The van der Waals surface area contributed by atoms with Gasteiger partial charge in [-0.3, -0.25) is 4.90 Å². The molecular weight excluding hydrogens is 291 g/mol. The maximum Gasteiger partial charge on any atom is 0.416 e. The first-order chi connectivity index (χ1) is 10.5. The monoisotopic (exact) mass is 313 g/mol. The Bertz CT molecular complexity index is 496. The normalized spacial score (nSPS) is 28.2. The van der Waals surface area contributed by atoms with Crippen LogP contribution in [0.5, 0.6) is 0 Å². The van der Waals surface area contributed by atoms with E-state index in [1.54, 1.807) is 0 Å². The molecule has 3 rings (SSSR count). The van der Waals surface area contributed by atoms with Gasteiger partial charge in [-0.15, -0.1) is 0 Å². The van der Waals surface area contributed by atoms with Crippen LogP contribution in [0.2, 0.25) is 0 Å². The number of benzene rings is 1. The van der Waals surface area contributed by atoms with E-state index in [0.29, 0.717) is 11.6 Å². The fourth-order valence-corrected chi connectivity index (χ4v) is 3.75. The predicted molar refractivity (Wildman–Crippen MR) is 78.3 cm³/mol. The van der Waals surface area contributed by atoms with Crippen LogP contribution in [-0.2, 0) is 6.18 Å². The molecule has 1 aliphatic heterocycles. The molecule has 1 saturated heterocycles. The first-order valence-corrected chi connectivity index (χ1v) is 8.06. The summed E-state index contributed by atoms with van der Waals surface area (Å²) in [7, 11) is 0. The van der Waals surface area contributed by atoms with Crippen LogP contribution in [0.4, 0.5) is 13.2 Å². The third-order valence-corrected chi connectivity index (χ3v) is 5.13. The minimum Gasteiger partial charge on any atom is -0.388 e. The Labute approximate surface area is 128 Å². The van der Waals surface area contributed by atoms with Crippen molar-refractivity contribution in [1.82, 2.24) is 4.90 Å². The van der Waals surface area contributed by atoms with Crippen LogP contribution in [-0.4, -0.2) is 29.1 Å². The van der Waals surface area contributed by atoms with Gasteiger partial charge in [0.2, 0.25) is 0 Å². The van der Waals surface area contributed by atoms with E-state index in [4.69, 9.17) is 0 Å². The molecule has 3 unspecified atom stereocenters. The lowest BCUT2D eigenvalue weighted by molar-refractivity contribution is -0.137. The van der Waals surface area contributed by atoms with Gasteiger partial charge in [-0.1, -0.05) is 25.0 Å². The van der Waals surface area contributed by atoms with E-state index in [1.165, 1.54) is 25.0 Å². The highest BCUT2D eigenvalue weighted by Crippen LogP contribution is 2.39. The van der Waals surface area contributed by atoms with Crippen LogP contribution in [0.15, 0.2) is 24.3 Å². The summed E-state index contributed by atoms with van der Waals surface area (Å²) in [6, 6.07) is 5.37. The highest BCUT2D eigenvalue weighted by molar-refractivity contribution is 5.26. The van der Waals surface area contributed by atoms with E-state index < -0.39 is 17.8 Å². The molecule has 0 aromatic heterocycles. The first-order valence-electron chi connectivity index (χ1n) is 8.06. The van der Waals surface area contributed by atoms with Gasteiger partial charge in [-0.25, -0.2) is 0 Å². The third-order valence-electron chi connectivity index (χ3n) is 5.13. The molecule has 1 aliphatic carbocycles. The minimum absolute atomic E-state index is 0.130. The molecule has 5 heteroatoms. The molecule has 0 bridgehead atoms. The zero-order valence-electron chi connectivity index (χ0n) is 12.5. The summed E-state index contributed by atoms with van der Waals surface area (Å²) in [5, 5.41) is 10.7. The van der Waals surface area contributed by atoms with Crippen molar-refractivity contribution in [2.24, 2.45) is 5.92 Å². The van der Waals surface area contributed by atoms with Gasteiger partial charge in [0.15, 0.2) is 0 Å². The molecule has 1 N–H and O–H groups in total. The van der Waals surface area contributed by atoms with Crippen molar-refractivity contribution in [3.05, 3.63) is 35.4 Å². The van der Waals surface area contributed by atoms with Gasteiger partial charge in [-0.2, -0.15) is 13.2 Å². The van der Waals surface area contributed by atoms with Crippen molar-refractivity contribution in [3.63, 3.8) is 0 Å². The van der Waals surface area contributed by atoms with Crippen molar-refractivity contribution < 1.29 is 18.3 Å². The fourth-order valence-electron chi connectivity index (χ4n) is 3.75. The average Bonchev–Trinajstić information content (AvgIpc) is 2.45. The predicted octanol–water partition coefficient (Wildman–Crippen LogP) is 4.00. The van der Waals surface area contributed by atoms with Crippen LogP contribution in [0.3, 0.4) is 0 Å². The zero-order chi connectivity index (χ0) is 15.7. The molecule has 3 atom stereocenters. The molecule has 22 heavy (non-hydrogen) atoms. The van der Waals surface area contributed by atoms with E-state index in [-0.39, 0.29) is 5.92 Å². The van der Waals surface area contributed by atoms with E-state index in [0.717, 1.165) is 44.5 Å². The molecule has 1 aromatic rings. The fraction of sp³-hybridized carbons (Fsp3) is 0.647. The zero-order valence-corrected chi connectivity index (χ0v) is 12.5. The lowest BCUT2D eigenvalue weighted by atomic mass is 9.77. The number of alkyl halides is 3. The maximum atomic E-state index is 12.6. The number of nitrogens with zero attached hydrogens (tertiary/aromatic N) is 1. The first kappa shape index (κ1) is 15.8. The maximum absolute atomic E-state index is 12.6. The van der Waals surface area contributed by atoms with Gasteiger partial charge >= 0.3 is 6.18 Å². The van der Waals surface area contributed by atoms with Crippen molar-refractivity contribution in [1.29, 1.82) is 0 Å². The topological polar surface area (TPSA) is 23.5 Å². The van der Waals surface area contributed by atoms with Crippen LogP contribution in [0.1, 0.15) is 49.3 Å². The number of likely N-dealkylation sites (tertiary alicyclic amines) is 1. The number of aliphatic hydroxyl groups is 1. The van der Waals surface area contributed by atoms with Crippen LogP contribution < -0.4 is 0 Å². The lowest BCUT2D eigenvalue weighted by Gasteiger charge is -2.46. The molecule has 1 heterocycles. The molecular formula is C17H22F3NO. The number of rotatable bonds is 3. The SMILES string of the molecule is OC(c1ccc(C(F)(F)F)cc1)C1CCCCC1N1CCC1. The smallest absolute Gasteiger partial charge is 0.388 e. The summed E-state index contributed by atoms with van der Waals surface area (Å²) >= 11 is 0. The molecule has 1 saturated carbocycles. The largest absolute Gasteiger partial charge is 0.416 e. The van der Waals surface area contributed by atoms with Crippen LogP contribution >= 0.6 is 0 Å². The second kappa shape index (κ2) is 6.20. The molecule has 2 nitrogen and oxygen atoms in total. The van der Waals surface area contributed by atoms with E-state index in [9.17, 15) is 18.3 Å². The second-order valence-electron chi connectivity index (χ2n) is 6.47. The van der Waals surface area contributed by atoms with Gasteiger partial charge in [0.1, 0.15) is 0 Å². The molecule has 2 aliphatic rings. The summed E-state index contributed by atoms with van der Waals surface area (Å²) in [6.45, 7) is 2.17. The Morgan fingerprint density at radius 2 is 1.64 bits per heavy atom. The van der Waals surface area contributed by atoms with Gasteiger partial charge in [0.25, 0.3) is 0 Å². The van der Waals surface area contributed by atoms with Crippen LogP contribution in [0.25, 0.3) is 0 Å². The van der Waals surface area contributed by atoms with Gasteiger partial charge < -0.3 is 5.11 Å². The van der Waals surface area contributed by atoms with E-state index in [2.05, 4.69) is 4.90 Å².